The van der Waals surface area contributed by atoms with E-state index in [1.807, 2.05) is 11.3 Å². The molecule has 3 heteroatoms. The molecule has 2 atom stereocenters. The van der Waals surface area contributed by atoms with E-state index in [0.29, 0.717) is 6.04 Å². The summed E-state index contributed by atoms with van der Waals surface area (Å²) in [5, 5.41) is 3.53. The lowest BCUT2D eigenvalue weighted by atomic mass is 9.80. The molecule has 1 N–H and O–H groups in total. The Kier molecular flexibility index (Phi) is 3.01. The monoisotopic (exact) mass is 251 g/mol. The number of hydrogen-bond donors (Lipinski definition) is 1. The van der Waals surface area contributed by atoms with Gasteiger partial charge in [-0.15, -0.1) is 11.3 Å². The summed E-state index contributed by atoms with van der Waals surface area (Å²) in [4.78, 5) is 3.10. The number of thiophene rings is 1. The lowest BCUT2D eigenvalue weighted by molar-refractivity contribution is -0.0870. The molecule has 3 heterocycles. The molecule has 0 radical (unpaired) electrons. The van der Waals surface area contributed by atoms with E-state index in [-0.39, 0.29) is 5.60 Å². The Morgan fingerprint density at radius 3 is 3.24 bits per heavy atom. The van der Waals surface area contributed by atoms with Crippen LogP contribution in [-0.4, -0.2) is 19.2 Å². The number of hydrogen-bond acceptors (Lipinski definition) is 3. The summed E-state index contributed by atoms with van der Waals surface area (Å²) in [5.41, 5.74) is 1.54. The molecule has 0 amide bonds. The Morgan fingerprint density at radius 1 is 1.59 bits per heavy atom. The van der Waals surface area contributed by atoms with E-state index in [9.17, 15) is 0 Å². The minimum absolute atomic E-state index is 0.0299. The Bertz CT molecular complexity index is 414. The molecule has 1 aromatic rings. The summed E-state index contributed by atoms with van der Waals surface area (Å²) in [5.74, 6) is 0. The lowest BCUT2D eigenvalue weighted by Gasteiger charge is -2.43. The van der Waals surface area contributed by atoms with Crippen LogP contribution < -0.4 is 5.32 Å². The minimum Gasteiger partial charge on any atom is -0.370 e. The molecular formula is C14H21NOS. The number of aryl methyl sites for hydroxylation is 1. The molecule has 1 aromatic heterocycles. The topological polar surface area (TPSA) is 21.3 Å². The van der Waals surface area contributed by atoms with Crippen LogP contribution in [0, 0.1) is 0 Å². The molecule has 0 saturated carbocycles. The van der Waals surface area contributed by atoms with Gasteiger partial charge in [-0.05, 0) is 44.4 Å². The van der Waals surface area contributed by atoms with E-state index < -0.39 is 0 Å². The van der Waals surface area contributed by atoms with Crippen LogP contribution >= 0.6 is 11.3 Å². The summed E-state index contributed by atoms with van der Waals surface area (Å²) < 4.78 is 6.23. The Labute approximate surface area is 107 Å². The third-order valence-electron chi connectivity index (χ3n) is 4.06. The second-order valence-corrected chi connectivity index (χ2v) is 6.53. The third-order valence-corrected chi connectivity index (χ3v) is 5.40. The molecule has 1 fully saturated rings. The quantitative estimate of drug-likeness (QED) is 0.828. The normalized spacial score (nSPS) is 32.7. The van der Waals surface area contributed by atoms with E-state index >= 15 is 0 Å². The van der Waals surface area contributed by atoms with Crippen molar-refractivity contribution in [2.45, 2.75) is 51.2 Å². The summed E-state index contributed by atoms with van der Waals surface area (Å²) >= 11 is 2.00. The standard InChI is InChI=1S/C14H21NOS/c1-3-11-8-12-13(17-11)4-7-16-14(12)5-6-15-10(2)9-14/h8,10,15H,3-7,9H2,1-2H3/t10-,14-/m1/s1. The van der Waals surface area contributed by atoms with Crippen LogP contribution in [0.15, 0.2) is 6.07 Å². The first kappa shape index (κ1) is 11.7. The molecule has 1 saturated heterocycles. The molecule has 2 aliphatic rings. The van der Waals surface area contributed by atoms with Gasteiger partial charge in [-0.1, -0.05) is 6.92 Å². The third kappa shape index (κ3) is 1.94. The number of nitrogens with one attached hydrogen (secondary N) is 1. The Hall–Kier alpha value is -0.380. The maximum atomic E-state index is 6.23. The van der Waals surface area contributed by atoms with Gasteiger partial charge in [0.2, 0.25) is 0 Å². The fraction of sp³-hybridized carbons (Fsp3) is 0.714. The van der Waals surface area contributed by atoms with E-state index in [1.165, 1.54) is 10.4 Å². The van der Waals surface area contributed by atoms with Crippen molar-refractivity contribution in [2.24, 2.45) is 0 Å². The zero-order valence-electron chi connectivity index (χ0n) is 10.7. The Morgan fingerprint density at radius 2 is 2.47 bits per heavy atom. The number of rotatable bonds is 1. The molecule has 2 nitrogen and oxygen atoms in total. The van der Waals surface area contributed by atoms with Crippen molar-refractivity contribution < 1.29 is 4.74 Å². The Balaban J connectivity index is 1.99. The van der Waals surface area contributed by atoms with Crippen LogP contribution in [-0.2, 0) is 23.2 Å². The van der Waals surface area contributed by atoms with Crippen LogP contribution in [0.1, 0.15) is 42.0 Å². The van der Waals surface area contributed by atoms with Crippen molar-refractivity contribution in [2.75, 3.05) is 13.2 Å². The van der Waals surface area contributed by atoms with Gasteiger partial charge in [-0.3, -0.25) is 0 Å². The van der Waals surface area contributed by atoms with Crippen LogP contribution in [0.4, 0.5) is 0 Å². The number of fused-ring (bicyclic) bond motifs is 2. The smallest absolute Gasteiger partial charge is 0.0969 e. The van der Waals surface area contributed by atoms with Gasteiger partial charge in [0.05, 0.1) is 12.2 Å². The molecule has 17 heavy (non-hydrogen) atoms. The molecule has 0 aliphatic carbocycles. The SMILES string of the molecule is CCc1cc2c(s1)CCO[C@@]21CCN[C@H](C)C1. The highest BCUT2D eigenvalue weighted by atomic mass is 32.1. The number of piperidine rings is 1. The first-order valence-corrected chi connectivity index (χ1v) is 7.54. The van der Waals surface area contributed by atoms with E-state index in [4.69, 9.17) is 4.74 Å². The second kappa shape index (κ2) is 4.38. The predicted molar refractivity (Wildman–Crippen MR) is 71.7 cm³/mol. The number of ether oxygens (including phenoxy) is 1. The van der Waals surface area contributed by atoms with Crippen molar-refractivity contribution >= 4 is 11.3 Å². The van der Waals surface area contributed by atoms with Crippen LogP contribution in [0.2, 0.25) is 0 Å². The fourth-order valence-corrected chi connectivity index (χ4v) is 4.39. The van der Waals surface area contributed by atoms with Crippen molar-refractivity contribution in [3.05, 3.63) is 21.4 Å². The minimum atomic E-state index is 0.0299. The van der Waals surface area contributed by atoms with E-state index in [1.54, 1.807) is 4.88 Å². The van der Waals surface area contributed by atoms with Crippen molar-refractivity contribution in [1.82, 2.24) is 5.32 Å². The average molecular weight is 251 g/mol. The van der Waals surface area contributed by atoms with Crippen LogP contribution in [0.5, 0.6) is 0 Å². The molecule has 0 aromatic carbocycles. The molecule has 0 unspecified atom stereocenters. The summed E-state index contributed by atoms with van der Waals surface area (Å²) in [6.07, 6.45) is 4.52. The molecule has 94 valence electrons. The second-order valence-electron chi connectivity index (χ2n) is 5.31. The van der Waals surface area contributed by atoms with Gasteiger partial charge in [0.25, 0.3) is 0 Å². The summed E-state index contributed by atoms with van der Waals surface area (Å²) in [6, 6.07) is 2.98. The zero-order valence-corrected chi connectivity index (χ0v) is 11.5. The molecule has 0 bridgehead atoms. The van der Waals surface area contributed by atoms with Crippen LogP contribution in [0.25, 0.3) is 0 Å². The van der Waals surface area contributed by atoms with Crippen molar-refractivity contribution in [3.63, 3.8) is 0 Å². The van der Waals surface area contributed by atoms with Gasteiger partial charge in [-0.2, -0.15) is 0 Å². The van der Waals surface area contributed by atoms with Gasteiger partial charge in [0, 0.05) is 22.2 Å². The molecule has 3 rings (SSSR count). The van der Waals surface area contributed by atoms with Gasteiger partial charge in [-0.25, -0.2) is 0 Å². The molecular weight excluding hydrogens is 230 g/mol. The van der Waals surface area contributed by atoms with E-state index in [0.717, 1.165) is 38.8 Å². The van der Waals surface area contributed by atoms with Crippen molar-refractivity contribution in [1.29, 1.82) is 0 Å². The highest BCUT2D eigenvalue weighted by Gasteiger charge is 2.41. The maximum absolute atomic E-state index is 6.23. The molecule has 1 spiro atoms. The fourth-order valence-electron chi connectivity index (χ4n) is 3.21. The maximum Gasteiger partial charge on any atom is 0.0969 e. The first-order valence-electron chi connectivity index (χ1n) is 6.73. The van der Waals surface area contributed by atoms with Gasteiger partial charge >= 0.3 is 0 Å². The summed E-state index contributed by atoms with van der Waals surface area (Å²) in [7, 11) is 0. The highest BCUT2D eigenvalue weighted by molar-refractivity contribution is 7.12. The summed E-state index contributed by atoms with van der Waals surface area (Å²) in [6.45, 7) is 6.50. The van der Waals surface area contributed by atoms with Gasteiger partial charge in [0.15, 0.2) is 0 Å². The lowest BCUT2D eigenvalue weighted by Crippen LogP contribution is -2.48. The van der Waals surface area contributed by atoms with Crippen LogP contribution in [0.3, 0.4) is 0 Å². The highest BCUT2D eigenvalue weighted by Crippen LogP contribution is 2.44. The molecule has 2 aliphatic heterocycles. The predicted octanol–water partition coefficient (Wildman–Crippen LogP) is 2.85. The van der Waals surface area contributed by atoms with Crippen molar-refractivity contribution in [3.8, 4) is 0 Å². The van der Waals surface area contributed by atoms with Gasteiger partial charge in [0.1, 0.15) is 0 Å². The van der Waals surface area contributed by atoms with Gasteiger partial charge < -0.3 is 10.1 Å². The van der Waals surface area contributed by atoms with E-state index in [2.05, 4.69) is 25.2 Å². The zero-order chi connectivity index (χ0) is 11.9. The first-order chi connectivity index (χ1) is 8.23. The average Bonchev–Trinajstić information content (AvgIpc) is 2.74. The largest absolute Gasteiger partial charge is 0.370 e.